The number of aromatic nitrogens is 4. The molecule has 1 saturated carbocycles. The van der Waals surface area contributed by atoms with Gasteiger partial charge in [-0.2, -0.15) is 4.98 Å². The molecule has 1 aliphatic heterocycles. The molecule has 5 atom stereocenters. The standard InChI is InChI=1S/C21H22ClFN5O6P/c1-10-12(16(29)7-15(10)28-9-25-18-19(28)26-21(24)27-20(18)30)8-33-35(31)32-5-4-17(34-35)11-2-3-14(23)13(22)6-11/h2-3,6,9,12,15-17,29H,1,4-5,7-8H2,(H3,24,26,27,30)/t12-,15-,16-,17+,35-/m0/s1. The summed E-state index contributed by atoms with van der Waals surface area (Å²) in [7, 11) is -3.98. The number of nitrogen functional groups attached to an aromatic ring is 1. The molecule has 3 aromatic rings. The van der Waals surface area contributed by atoms with Crippen molar-refractivity contribution in [1.29, 1.82) is 0 Å². The molecule has 35 heavy (non-hydrogen) atoms. The zero-order valence-electron chi connectivity index (χ0n) is 18.3. The van der Waals surface area contributed by atoms with Crippen LogP contribution in [0, 0.1) is 11.7 Å². The maximum atomic E-state index is 13.5. The van der Waals surface area contributed by atoms with Crippen LogP contribution in [0.3, 0.4) is 0 Å². The number of benzene rings is 1. The number of aliphatic hydroxyl groups excluding tert-OH is 1. The Morgan fingerprint density at radius 2 is 2.26 bits per heavy atom. The van der Waals surface area contributed by atoms with E-state index in [1.54, 1.807) is 4.57 Å². The number of phosphoric ester groups is 1. The van der Waals surface area contributed by atoms with Gasteiger partial charge in [-0.3, -0.25) is 23.3 Å². The van der Waals surface area contributed by atoms with Crippen molar-refractivity contribution in [2.24, 2.45) is 5.92 Å². The summed E-state index contributed by atoms with van der Waals surface area (Å²) in [5, 5.41) is 10.6. The van der Waals surface area contributed by atoms with Gasteiger partial charge in [-0.25, -0.2) is 13.9 Å². The monoisotopic (exact) mass is 525 g/mol. The molecule has 0 bridgehead atoms. The number of rotatable bonds is 5. The highest BCUT2D eigenvalue weighted by Gasteiger charge is 2.42. The molecule has 1 saturated heterocycles. The lowest BCUT2D eigenvalue weighted by Crippen LogP contribution is -2.22. The second-order valence-corrected chi connectivity index (χ2v) is 10.4. The molecule has 5 rings (SSSR count). The van der Waals surface area contributed by atoms with Crippen molar-refractivity contribution in [3.63, 3.8) is 0 Å². The number of phosphoric acid groups is 1. The van der Waals surface area contributed by atoms with E-state index in [9.17, 15) is 18.9 Å². The van der Waals surface area contributed by atoms with Crippen LogP contribution in [-0.2, 0) is 18.1 Å². The average molecular weight is 526 g/mol. The van der Waals surface area contributed by atoms with Crippen molar-refractivity contribution in [3.05, 3.63) is 63.4 Å². The number of hydrogen-bond donors (Lipinski definition) is 3. The van der Waals surface area contributed by atoms with Crippen molar-refractivity contribution in [2.75, 3.05) is 18.9 Å². The number of H-pyrrole nitrogens is 1. The second kappa shape index (κ2) is 9.12. The number of imidazole rings is 1. The Morgan fingerprint density at radius 3 is 3.03 bits per heavy atom. The molecule has 14 heteroatoms. The molecule has 1 aliphatic carbocycles. The third-order valence-electron chi connectivity index (χ3n) is 6.23. The van der Waals surface area contributed by atoms with E-state index in [0.29, 0.717) is 17.6 Å². The Balaban J connectivity index is 1.30. The molecule has 186 valence electrons. The predicted octanol–water partition coefficient (Wildman–Crippen LogP) is 3.28. The Labute approximate surface area is 203 Å². The number of aliphatic hydroxyl groups is 1. The highest BCUT2D eigenvalue weighted by atomic mass is 35.5. The average Bonchev–Trinajstić information content (AvgIpc) is 3.34. The van der Waals surface area contributed by atoms with E-state index in [4.69, 9.17) is 30.9 Å². The quantitative estimate of drug-likeness (QED) is 0.336. The molecule has 0 spiro atoms. The molecule has 1 aromatic carbocycles. The molecule has 4 N–H and O–H groups in total. The lowest BCUT2D eigenvalue weighted by Gasteiger charge is -2.30. The normalized spacial score (nSPS) is 29.2. The predicted molar refractivity (Wildman–Crippen MR) is 124 cm³/mol. The van der Waals surface area contributed by atoms with Crippen LogP contribution < -0.4 is 11.3 Å². The number of nitrogens with zero attached hydrogens (tertiary/aromatic N) is 3. The molecule has 11 nitrogen and oxygen atoms in total. The van der Waals surface area contributed by atoms with Gasteiger partial charge in [0.25, 0.3) is 5.56 Å². The van der Waals surface area contributed by atoms with E-state index in [2.05, 4.69) is 21.5 Å². The number of nitrogens with one attached hydrogen (secondary N) is 1. The van der Waals surface area contributed by atoms with Crippen LogP contribution in [0.1, 0.15) is 30.6 Å². The summed E-state index contributed by atoms with van der Waals surface area (Å²) in [4.78, 5) is 22.7. The third-order valence-corrected chi connectivity index (χ3v) is 8.00. The van der Waals surface area contributed by atoms with Gasteiger partial charge in [-0.1, -0.05) is 24.2 Å². The van der Waals surface area contributed by atoms with Gasteiger partial charge in [0.05, 0.1) is 42.8 Å². The van der Waals surface area contributed by atoms with E-state index in [1.165, 1.54) is 24.5 Å². The fourth-order valence-corrected chi connectivity index (χ4v) is 6.01. The van der Waals surface area contributed by atoms with Crippen LogP contribution in [0.4, 0.5) is 10.3 Å². The summed E-state index contributed by atoms with van der Waals surface area (Å²) >= 11 is 5.86. The van der Waals surface area contributed by atoms with Gasteiger partial charge in [0.2, 0.25) is 5.95 Å². The summed E-state index contributed by atoms with van der Waals surface area (Å²) in [6.07, 6.45) is 0.511. The molecule has 0 amide bonds. The number of anilines is 1. The van der Waals surface area contributed by atoms with E-state index in [0.717, 1.165) is 0 Å². The number of fused-ring (bicyclic) bond motifs is 1. The molecule has 2 fully saturated rings. The molecule has 2 aromatic heterocycles. The van der Waals surface area contributed by atoms with Crippen molar-refractivity contribution >= 4 is 36.5 Å². The highest BCUT2D eigenvalue weighted by Crippen LogP contribution is 2.58. The van der Waals surface area contributed by atoms with Gasteiger partial charge in [0.1, 0.15) is 5.82 Å². The van der Waals surface area contributed by atoms with Crippen molar-refractivity contribution in [2.45, 2.75) is 31.1 Å². The van der Waals surface area contributed by atoms with E-state index in [-0.39, 0.29) is 41.8 Å². The second-order valence-electron chi connectivity index (χ2n) is 8.41. The summed E-state index contributed by atoms with van der Waals surface area (Å²) in [5.74, 6) is -1.23. The molecule has 0 radical (unpaired) electrons. The minimum Gasteiger partial charge on any atom is -0.392 e. The Kier molecular flexibility index (Phi) is 6.28. The molecular weight excluding hydrogens is 504 g/mol. The Hall–Kier alpha value is -2.60. The topological polar surface area (TPSA) is 155 Å². The van der Waals surface area contributed by atoms with Crippen LogP contribution in [-0.4, -0.2) is 43.9 Å². The van der Waals surface area contributed by atoms with E-state index in [1.807, 2.05) is 0 Å². The Bertz CT molecular complexity index is 1410. The van der Waals surface area contributed by atoms with Crippen molar-refractivity contribution in [3.8, 4) is 0 Å². The largest absolute Gasteiger partial charge is 0.475 e. The summed E-state index contributed by atoms with van der Waals surface area (Å²) in [6.45, 7) is 3.99. The fourth-order valence-electron chi connectivity index (χ4n) is 4.41. The fraction of sp³-hybridized carbons (Fsp3) is 0.381. The first-order valence-corrected chi connectivity index (χ1v) is 12.6. The highest BCUT2D eigenvalue weighted by molar-refractivity contribution is 7.48. The maximum Gasteiger partial charge on any atom is 0.475 e. The van der Waals surface area contributed by atoms with Gasteiger partial charge in [0.15, 0.2) is 11.2 Å². The minimum atomic E-state index is -3.98. The summed E-state index contributed by atoms with van der Waals surface area (Å²) < 4.78 is 44.7. The maximum absolute atomic E-state index is 13.5. The SMILES string of the molecule is C=C1[C@H](CO[P@]2(=O)OCC[C@H](c3ccc(F)c(Cl)c3)O2)[C@@H](O)C[C@@H]1n1cnc2c(=O)[nH]c(N)nc21. The smallest absolute Gasteiger partial charge is 0.392 e. The molecule has 3 heterocycles. The number of hydrogen-bond acceptors (Lipinski definition) is 9. The van der Waals surface area contributed by atoms with E-state index >= 15 is 0 Å². The molecule has 2 aliphatic rings. The summed E-state index contributed by atoms with van der Waals surface area (Å²) in [5.41, 5.74) is 6.69. The van der Waals surface area contributed by atoms with Gasteiger partial charge < -0.3 is 15.4 Å². The lowest BCUT2D eigenvalue weighted by molar-refractivity contribution is 0.0165. The number of halogens is 2. The van der Waals surface area contributed by atoms with Crippen LogP contribution in [0.15, 0.2) is 41.5 Å². The molecule has 0 unspecified atom stereocenters. The van der Waals surface area contributed by atoms with Crippen LogP contribution in [0.5, 0.6) is 0 Å². The first kappa shape index (κ1) is 24.1. The number of aromatic amines is 1. The Morgan fingerprint density at radius 1 is 1.46 bits per heavy atom. The first-order valence-electron chi connectivity index (χ1n) is 10.8. The minimum absolute atomic E-state index is 0.0602. The van der Waals surface area contributed by atoms with Crippen LogP contribution >= 0.6 is 19.4 Å². The van der Waals surface area contributed by atoms with E-state index < -0.39 is 43.4 Å². The van der Waals surface area contributed by atoms with Gasteiger partial charge in [0, 0.05) is 12.3 Å². The third kappa shape index (κ3) is 4.53. The van der Waals surface area contributed by atoms with Crippen LogP contribution in [0.25, 0.3) is 11.2 Å². The zero-order valence-corrected chi connectivity index (χ0v) is 19.9. The van der Waals surface area contributed by atoms with Gasteiger partial charge >= 0.3 is 7.82 Å². The zero-order chi connectivity index (χ0) is 24.9. The molecular formula is C21H22ClFN5O6P. The van der Waals surface area contributed by atoms with Crippen molar-refractivity contribution in [1.82, 2.24) is 19.5 Å². The van der Waals surface area contributed by atoms with Crippen molar-refractivity contribution < 1.29 is 27.6 Å². The number of nitrogens with two attached hydrogens (primary N) is 1. The summed E-state index contributed by atoms with van der Waals surface area (Å²) in [6, 6.07) is 3.67. The van der Waals surface area contributed by atoms with Crippen LogP contribution in [0.2, 0.25) is 5.02 Å². The first-order chi connectivity index (χ1) is 16.6. The van der Waals surface area contributed by atoms with Gasteiger partial charge in [-0.15, -0.1) is 0 Å². The lowest BCUT2D eigenvalue weighted by atomic mass is 10.0. The van der Waals surface area contributed by atoms with Gasteiger partial charge in [-0.05, 0) is 29.7 Å².